The Kier molecular flexibility index (Phi) is 5.16. The van der Waals surface area contributed by atoms with Gasteiger partial charge in [-0.1, -0.05) is 0 Å². The van der Waals surface area contributed by atoms with Gasteiger partial charge in [0.1, 0.15) is 15.9 Å². The van der Waals surface area contributed by atoms with Gasteiger partial charge in [-0.15, -0.1) is 34.4 Å². The van der Waals surface area contributed by atoms with Crippen LogP contribution >= 0.6 is 50.4 Å². The van der Waals surface area contributed by atoms with Crippen LogP contribution in [-0.4, -0.2) is 12.8 Å². The number of nitriles is 1. The lowest BCUT2D eigenvalue weighted by Crippen LogP contribution is -2.03. The number of thiophene rings is 2. The molecule has 0 saturated heterocycles. The fraction of sp³-hybridized carbons (Fsp3) is 0.250. The van der Waals surface area contributed by atoms with Gasteiger partial charge in [0, 0.05) is 11.4 Å². The molecule has 2 aromatic rings. The summed E-state index contributed by atoms with van der Waals surface area (Å²) in [7, 11) is 0. The van der Waals surface area contributed by atoms with Crippen molar-refractivity contribution in [1.29, 1.82) is 5.26 Å². The number of nitrogens with one attached hydrogen (secondary N) is 1. The third-order valence-corrected chi connectivity index (χ3v) is 6.20. The van der Waals surface area contributed by atoms with Gasteiger partial charge in [-0.3, -0.25) is 0 Å². The van der Waals surface area contributed by atoms with Crippen LogP contribution in [0.3, 0.4) is 0 Å². The molecule has 0 fully saturated rings. The molecule has 100 valence electrons. The van der Waals surface area contributed by atoms with Gasteiger partial charge >= 0.3 is 0 Å². The molecule has 2 rings (SSSR count). The number of rotatable bonds is 5. The third-order valence-electron chi connectivity index (χ3n) is 2.49. The number of nitrogens with zero attached hydrogens (tertiary/aromatic N) is 1. The zero-order valence-electron chi connectivity index (χ0n) is 10.2. The average molecular weight is 374 g/mol. The molecule has 0 bridgehead atoms. The standard InChI is InChI=1S/C12H12BrN3S3/c1-17-11-10(15)8(6-14)19-12(11)16-5-4-7-2-3-9(13)18-7/h2-3,16H,4-5,15H2,1H3. The van der Waals surface area contributed by atoms with Crippen molar-refractivity contribution in [3.63, 3.8) is 0 Å². The molecule has 19 heavy (non-hydrogen) atoms. The van der Waals surface area contributed by atoms with E-state index in [4.69, 9.17) is 11.0 Å². The Labute approximate surface area is 133 Å². The van der Waals surface area contributed by atoms with E-state index >= 15 is 0 Å². The van der Waals surface area contributed by atoms with Crippen molar-refractivity contribution in [2.24, 2.45) is 0 Å². The number of anilines is 2. The molecule has 0 radical (unpaired) electrons. The summed E-state index contributed by atoms with van der Waals surface area (Å²) >= 11 is 8.20. The van der Waals surface area contributed by atoms with Crippen LogP contribution in [0.2, 0.25) is 0 Å². The van der Waals surface area contributed by atoms with Gasteiger partial charge in [0.15, 0.2) is 0 Å². The molecule has 0 aliphatic rings. The quantitative estimate of drug-likeness (QED) is 0.762. The minimum atomic E-state index is 0.589. The first kappa shape index (κ1) is 14.7. The van der Waals surface area contributed by atoms with Crippen LogP contribution in [0.4, 0.5) is 10.7 Å². The van der Waals surface area contributed by atoms with E-state index in [1.165, 1.54) is 16.2 Å². The molecule has 0 spiro atoms. The van der Waals surface area contributed by atoms with E-state index in [1.807, 2.05) is 6.26 Å². The summed E-state index contributed by atoms with van der Waals surface area (Å²) in [6, 6.07) is 6.32. The minimum absolute atomic E-state index is 0.589. The van der Waals surface area contributed by atoms with Crippen LogP contribution in [0.15, 0.2) is 20.8 Å². The molecule has 3 nitrogen and oxygen atoms in total. The zero-order chi connectivity index (χ0) is 13.8. The minimum Gasteiger partial charge on any atom is -0.396 e. The Morgan fingerprint density at radius 2 is 2.26 bits per heavy atom. The Balaban J connectivity index is 2.01. The molecular weight excluding hydrogens is 362 g/mol. The van der Waals surface area contributed by atoms with Gasteiger partial charge in [-0.2, -0.15) is 5.26 Å². The van der Waals surface area contributed by atoms with E-state index < -0.39 is 0 Å². The number of hydrogen-bond donors (Lipinski definition) is 2. The summed E-state index contributed by atoms with van der Waals surface area (Å²) in [6.07, 6.45) is 2.94. The monoisotopic (exact) mass is 373 g/mol. The summed E-state index contributed by atoms with van der Waals surface area (Å²) in [5.74, 6) is 0. The van der Waals surface area contributed by atoms with Crippen LogP contribution in [0.1, 0.15) is 9.75 Å². The molecule has 3 N–H and O–H groups in total. The number of halogens is 1. The van der Waals surface area contributed by atoms with Crippen LogP contribution in [0, 0.1) is 11.3 Å². The summed E-state index contributed by atoms with van der Waals surface area (Å²) < 4.78 is 1.15. The van der Waals surface area contributed by atoms with Crippen molar-refractivity contribution < 1.29 is 0 Å². The molecule has 2 aromatic heterocycles. The summed E-state index contributed by atoms with van der Waals surface area (Å²) in [4.78, 5) is 2.90. The predicted molar refractivity (Wildman–Crippen MR) is 89.4 cm³/mol. The summed E-state index contributed by atoms with van der Waals surface area (Å²) in [5, 5.41) is 13.4. The van der Waals surface area contributed by atoms with E-state index in [0.717, 1.165) is 26.6 Å². The zero-order valence-corrected chi connectivity index (χ0v) is 14.2. The first-order chi connectivity index (χ1) is 9.15. The van der Waals surface area contributed by atoms with Gasteiger partial charge in [-0.05, 0) is 40.7 Å². The Hall–Kier alpha value is -0.680. The highest BCUT2D eigenvalue weighted by Crippen LogP contribution is 2.41. The van der Waals surface area contributed by atoms with Crippen LogP contribution in [-0.2, 0) is 6.42 Å². The van der Waals surface area contributed by atoms with Gasteiger partial charge in [0.25, 0.3) is 0 Å². The Morgan fingerprint density at radius 1 is 1.47 bits per heavy atom. The lowest BCUT2D eigenvalue weighted by molar-refractivity contribution is 1.04. The smallest absolute Gasteiger partial charge is 0.131 e. The van der Waals surface area contributed by atoms with Crippen LogP contribution < -0.4 is 11.1 Å². The number of thioether (sulfide) groups is 1. The Bertz CT molecular complexity index is 612. The van der Waals surface area contributed by atoms with E-state index in [1.54, 1.807) is 23.1 Å². The third kappa shape index (κ3) is 3.45. The fourth-order valence-corrected chi connectivity index (χ4v) is 4.96. The molecule has 0 amide bonds. The largest absolute Gasteiger partial charge is 0.396 e. The molecule has 2 heterocycles. The van der Waals surface area contributed by atoms with Gasteiger partial charge in [0.2, 0.25) is 0 Å². The maximum Gasteiger partial charge on any atom is 0.131 e. The summed E-state index contributed by atoms with van der Waals surface area (Å²) in [6.45, 7) is 0.839. The molecule has 0 saturated carbocycles. The topological polar surface area (TPSA) is 61.8 Å². The van der Waals surface area contributed by atoms with E-state index in [0.29, 0.717) is 10.6 Å². The van der Waals surface area contributed by atoms with Crippen molar-refractivity contribution in [1.82, 2.24) is 0 Å². The van der Waals surface area contributed by atoms with Crippen molar-refractivity contribution in [2.75, 3.05) is 23.9 Å². The summed E-state index contributed by atoms with van der Waals surface area (Å²) in [5.41, 5.74) is 6.53. The van der Waals surface area contributed by atoms with Crippen LogP contribution in [0.5, 0.6) is 0 Å². The lowest BCUT2D eigenvalue weighted by Gasteiger charge is -2.05. The highest BCUT2D eigenvalue weighted by atomic mass is 79.9. The van der Waals surface area contributed by atoms with E-state index in [9.17, 15) is 0 Å². The first-order valence-electron chi connectivity index (χ1n) is 5.50. The van der Waals surface area contributed by atoms with Crippen LogP contribution in [0.25, 0.3) is 0 Å². The van der Waals surface area contributed by atoms with Gasteiger partial charge in [0.05, 0.1) is 14.4 Å². The molecule has 0 aromatic carbocycles. The lowest BCUT2D eigenvalue weighted by atomic mass is 10.3. The maximum atomic E-state index is 9.00. The molecule has 7 heteroatoms. The highest BCUT2D eigenvalue weighted by molar-refractivity contribution is 9.11. The second-order valence-electron chi connectivity index (χ2n) is 3.70. The SMILES string of the molecule is CSc1c(NCCc2ccc(Br)s2)sc(C#N)c1N. The van der Waals surface area contributed by atoms with E-state index in [2.05, 4.69) is 39.4 Å². The fourth-order valence-electron chi connectivity index (χ4n) is 1.62. The molecule has 0 unspecified atom stereocenters. The predicted octanol–water partition coefficient (Wildman–Crippen LogP) is 4.40. The van der Waals surface area contributed by atoms with E-state index in [-0.39, 0.29) is 0 Å². The molecular formula is C12H12BrN3S3. The van der Waals surface area contributed by atoms with Crippen molar-refractivity contribution in [3.05, 3.63) is 25.7 Å². The average Bonchev–Trinajstić information content (AvgIpc) is 2.93. The highest BCUT2D eigenvalue weighted by Gasteiger charge is 2.14. The number of hydrogen-bond acceptors (Lipinski definition) is 6. The Morgan fingerprint density at radius 3 is 2.84 bits per heavy atom. The molecule has 0 aliphatic carbocycles. The normalized spacial score (nSPS) is 10.4. The molecule has 0 aliphatic heterocycles. The van der Waals surface area contributed by atoms with Gasteiger partial charge in [-0.25, -0.2) is 0 Å². The first-order valence-corrected chi connectivity index (χ1v) is 9.15. The van der Waals surface area contributed by atoms with Crippen molar-refractivity contribution >= 4 is 61.1 Å². The van der Waals surface area contributed by atoms with Gasteiger partial charge < -0.3 is 11.1 Å². The second kappa shape index (κ2) is 6.66. The molecule has 0 atom stereocenters. The van der Waals surface area contributed by atoms with Crippen molar-refractivity contribution in [3.8, 4) is 6.07 Å². The number of nitrogen functional groups attached to an aromatic ring is 1. The van der Waals surface area contributed by atoms with Crippen molar-refractivity contribution in [2.45, 2.75) is 11.3 Å². The number of nitrogens with two attached hydrogens (primary N) is 1. The maximum absolute atomic E-state index is 9.00. The second-order valence-corrected chi connectivity index (χ2v) is 8.09.